The largest absolute Gasteiger partial charge is 0.382 e. The van der Waals surface area contributed by atoms with Gasteiger partial charge in [-0.2, -0.15) is 0 Å². The lowest BCUT2D eigenvalue weighted by atomic mass is 10.2. The Morgan fingerprint density at radius 3 is 3.08 bits per heavy atom. The maximum Gasteiger partial charge on any atom is 0.142 e. The van der Waals surface area contributed by atoms with Gasteiger partial charge in [0.05, 0.1) is 6.61 Å². The quantitative estimate of drug-likeness (QED) is 0.533. The van der Waals surface area contributed by atoms with Crippen LogP contribution in [0.15, 0.2) is 18.3 Å². The Morgan fingerprint density at radius 2 is 2.46 bits per heavy atom. The second-order valence-electron chi connectivity index (χ2n) is 2.56. The molecule has 0 spiro atoms. The Morgan fingerprint density at radius 1 is 1.69 bits per heavy atom. The van der Waals surface area contributed by atoms with Crippen LogP contribution in [0.3, 0.4) is 0 Å². The summed E-state index contributed by atoms with van der Waals surface area (Å²) in [7, 11) is 0. The predicted octanol–water partition coefficient (Wildman–Crippen LogP) is 0.902. The summed E-state index contributed by atoms with van der Waals surface area (Å²) in [5.41, 5.74) is 6.72. The number of nitrogens with two attached hydrogens (primary N) is 1. The smallest absolute Gasteiger partial charge is 0.142 e. The fraction of sp³-hybridized carbons (Fsp3) is 0.333. The Balaban J connectivity index is 2.84. The first kappa shape index (κ1) is 9.67. The fourth-order valence-corrected chi connectivity index (χ4v) is 1.01. The van der Waals surface area contributed by atoms with Crippen molar-refractivity contribution in [3.8, 4) is 0 Å². The molecule has 70 valence electrons. The molecule has 0 aromatic carbocycles. The molecule has 0 fully saturated rings. The molecule has 0 aliphatic carbocycles. The number of amidine groups is 1. The molecule has 0 radical (unpaired) electrons. The van der Waals surface area contributed by atoms with Gasteiger partial charge in [-0.3, -0.25) is 10.4 Å². The van der Waals surface area contributed by atoms with Crippen molar-refractivity contribution in [2.24, 2.45) is 5.73 Å². The molecular formula is C9H13N3O. The number of hydrogen-bond donors (Lipinski definition) is 2. The van der Waals surface area contributed by atoms with E-state index in [4.69, 9.17) is 15.9 Å². The zero-order valence-corrected chi connectivity index (χ0v) is 7.58. The summed E-state index contributed by atoms with van der Waals surface area (Å²) in [5, 5.41) is 7.27. The summed E-state index contributed by atoms with van der Waals surface area (Å²) in [5.74, 6) is -0.0182. The van der Waals surface area contributed by atoms with Crippen molar-refractivity contribution < 1.29 is 4.74 Å². The minimum atomic E-state index is -0.0182. The molecular weight excluding hydrogens is 166 g/mol. The van der Waals surface area contributed by atoms with Crippen molar-refractivity contribution in [2.45, 2.75) is 13.5 Å². The van der Waals surface area contributed by atoms with Gasteiger partial charge in [-0.15, -0.1) is 0 Å². The summed E-state index contributed by atoms with van der Waals surface area (Å²) in [6.07, 6.45) is 1.62. The van der Waals surface area contributed by atoms with Gasteiger partial charge >= 0.3 is 0 Å². The van der Waals surface area contributed by atoms with E-state index < -0.39 is 0 Å². The molecule has 0 saturated heterocycles. The third-order valence-corrected chi connectivity index (χ3v) is 1.61. The molecule has 4 nitrogen and oxygen atoms in total. The van der Waals surface area contributed by atoms with Crippen molar-refractivity contribution in [1.82, 2.24) is 4.98 Å². The third-order valence-electron chi connectivity index (χ3n) is 1.61. The molecule has 1 rings (SSSR count). The molecule has 4 heteroatoms. The molecule has 0 aliphatic heterocycles. The molecule has 1 aromatic heterocycles. The molecule has 0 amide bonds. The van der Waals surface area contributed by atoms with E-state index in [2.05, 4.69) is 4.98 Å². The number of nitrogens with one attached hydrogen (secondary N) is 1. The third kappa shape index (κ3) is 2.52. The van der Waals surface area contributed by atoms with Gasteiger partial charge in [0.15, 0.2) is 0 Å². The summed E-state index contributed by atoms with van der Waals surface area (Å²) >= 11 is 0. The van der Waals surface area contributed by atoms with Crippen molar-refractivity contribution >= 4 is 5.84 Å². The van der Waals surface area contributed by atoms with E-state index in [0.717, 1.165) is 5.56 Å². The molecule has 1 aromatic rings. The van der Waals surface area contributed by atoms with Crippen LogP contribution < -0.4 is 5.73 Å². The lowest BCUT2D eigenvalue weighted by Gasteiger charge is -2.05. The second-order valence-corrected chi connectivity index (χ2v) is 2.56. The molecule has 13 heavy (non-hydrogen) atoms. The number of pyridine rings is 1. The highest BCUT2D eigenvalue weighted by Gasteiger charge is 2.04. The van der Waals surface area contributed by atoms with E-state index in [1.165, 1.54) is 0 Å². The van der Waals surface area contributed by atoms with E-state index in [-0.39, 0.29) is 5.84 Å². The minimum absolute atomic E-state index is 0.0182. The Bertz CT molecular complexity index is 299. The van der Waals surface area contributed by atoms with Crippen molar-refractivity contribution in [3.05, 3.63) is 29.6 Å². The monoisotopic (exact) mass is 179 g/mol. The van der Waals surface area contributed by atoms with Crippen LogP contribution in [-0.2, 0) is 11.3 Å². The van der Waals surface area contributed by atoms with Crippen LogP contribution in [0.5, 0.6) is 0 Å². The zero-order valence-electron chi connectivity index (χ0n) is 7.58. The zero-order chi connectivity index (χ0) is 9.68. The Hall–Kier alpha value is -1.42. The second kappa shape index (κ2) is 4.57. The number of nitrogen functional groups attached to an aromatic ring is 1. The van der Waals surface area contributed by atoms with Gasteiger partial charge in [0.2, 0.25) is 0 Å². The van der Waals surface area contributed by atoms with E-state index >= 15 is 0 Å². The Kier molecular flexibility index (Phi) is 3.40. The topological polar surface area (TPSA) is 72.0 Å². The molecule has 0 aliphatic rings. The fourth-order valence-electron chi connectivity index (χ4n) is 1.01. The van der Waals surface area contributed by atoms with Crippen molar-refractivity contribution in [2.75, 3.05) is 6.61 Å². The van der Waals surface area contributed by atoms with Crippen LogP contribution in [0.25, 0.3) is 0 Å². The van der Waals surface area contributed by atoms with E-state index in [1.807, 2.05) is 13.0 Å². The standard InChI is InChI=1S/C9H13N3O/c1-2-13-6-7-4-3-5-12-8(7)9(10)11/h3-5H,2,6H2,1H3,(H3,10,11). The van der Waals surface area contributed by atoms with Crippen LogP contribution in [0.1, 0.15) is 18.2 Å². The molecule has 0 atom stereocenters. The normalized spacial score (nSPS) is 9.92. The van der Waals surface area contributed by atoms with Crippen LogP contribution in [-0.4, -0.2) is 17.4 Å². The van der Waals surface area contributed by atoms with Crippen LogP contribution in [0.2, 0.25) is 0 Å². The van der Waals surface area contributed by atoms with E-state index in [1.54, 1.807) is 12.3 Å². The molecule has 0 saturated carbocycles. The Labute approximate surface area is 77.2 Å². The lowest BCUT2D eigenvalue weighted by Crippen LogP contribution is -2.16. The van der Waals surface area contributed by atoms with E-state index in [0.29, 0.717) is 18.9 Å². The van der Waals surface area contributed by atoms with Gasteiger partial charge in [0, 0.05) is 18.4 Å². The van der Waals surface area contributed by atoms with E-state index in [9.17, 15) is 0 Å². The highest BCUT2D eigenvalue weighted by Crippen LogP contribution is 2.05. The number of nitrogens with zero attached hydrogens (tertiary/aromatic N) is 1. The van der Waals surface area contributed by atoms with Gasteiger partial charge in [-0.25, -0.2) is 0 Å². The van der Waals surface area contributed by atoms with Gasteiger partial charge in [-0.05, 0) is 13.0 Å². The van der Waals surface area contributed by atoms with Crippen LogP contribution >= 0.6 is 0 Å². The van der Waals surface area contributed by atoms with Crippen molar-refractivity contribution in [3.63, 3.8) is 0 Å². The predicted molar refractivity (Wildman–Crippen MR) is 50.6 cm³/mol. The summed E-state index contributed by atoms with van der Waals surface area (Å²) in [6.45, 7) is 3.02. The average Bonchev–Trinajstić information content (AvgIpc) is 2.15. The molecule has 3 N–H and O–H groups in total. The maximum atomic E-state index is 7.27. The molecule has 1 heterocycles. The van der Waals surface area contributed by atoms with Crippen LogP contribution in [0.4, 0.5) is 0 Å². The van der Waals surface area contributed by atoms with Gasteiger partial charge < -0.3 is 10.5 Å². The minimum Gasteiger partial charge on any atom is -0.382 e. The SMILES string of the molecule is CCOCc1cccnc1C(=N)N. The number of aromatic nitrogens is 1. The van der Waals surface area contributed by atoms with Gasteiger partial charge in [-0.1, -0.05) is 6.07 Å². The highest BCUT2D eigenvalue weighted by atomic mass is 16.5. The summed E-state index contributed by atoms with van der Waals surface area (Å²) in [4.78, 5) is 4.00. The van der Waals surface area contributed by atoms with Gasteiger partial charge in [0.1, 0.15) is 11.5 Å². The first-order chi connectivity index (χ1) is 6.25. The molecule has 0 unspecified atom stereocenters. The van der Waals surface area contributed by atoms with Crippen molar-refractivity contribution in [1.29, 1.82) is 5.41 Å². The first-order valence-corrected chi connectivity index (χ1v) is 4.11. The maximum absolute atomic E-state index is 7.27. The number of hydrogen-bond acceptors (Lipinski definition) is 3. The highest BCUT2D eigenvalue weighted by molar-refractivity contribution is 5.94. The average molecular weight is 179 g/mol. The van der Waals surface area contributed by atoms with Crippen LogP contribution in [0, 0.1) is 5.41 Å². The lowest BCUT2D eigenvalue weighted by molar-refractivity contribution is 0.133. The first-order valence-electron chi connectivity index (χ1n) is 4.11. The van der Waals surface area contributed by atoms with Gasteiger partial charge in [0.25, 0.3) is 0 Å². The molecule has 0 bridgehead atoms. The number of rotatable bonds is 4. The number of ether oxygens (including phenoxy) is 1. The summed E-state index contributed by atoms with van der Waals surface area (Å²) in [6, 6.07) is 3.67. The summed E-state index contributed by atoms with van der Waals surface area (Å²) < 4.78 is 5.22.